The summed E-state index contributed by atoms with van der Waals surface area (Å²) in [6.07, 6.45) is 4.22. The lowest BCUT2D eigenvalue weighted by Gasteiger charge is -2.36. The maximum absolute atomic E-state index is 12.9. The highest BCUT2D eigenvalue weighted by atomic mass is 16.6. The predicted molar refractivity (Wildman–Crippen MR) is 95.2 cm³/mol. The first-order valence-corrected chi connectivity index (χ1v) is 8.93. The molecule has 0 aliphatic carbocycles. The van der Waals surface area contributed by atoms with Crippen molar-refractivity contribution in [2.45, 2.75) is 51.2 Å². The molecule has 2 heterocycles. The van der Waals surface area contributed by atoms with Crippen molar-refractivity contribution in [2.24, 2.45) is 5.16 Å². The van der Waals surface area contributed by atoms with E-state index in [0.29, 0.717) is 18.2 Å². The molecule has 0 saturated carbocycles. The van der Waals surface area contributed by atoms with Gasteiger partial charge < -0.3 is 19.2 Å². The molecule has 3 rings (SSSR count). The van der Waals surface area contributed by atoms with Crippen molar-refractivity contribution in [1.29, 1.82) is 0 Å². The van der Waals surface area contributed by atoms with E-state index in [0.717, 1.165) is 42.8 Å². The topological polar surface area (TPSA) is 60.4 Å². The van der Waals surface area contributed by atoms with Gasteiger partial charge in [0.2, 0.25) is 6.10 Å². The van der Waals surface area contributed by atoms with Crippen LogP contribution in [0.25, 0.3) is 0 Å². The van der Waals surface area contributed by atoms with E-state index in [1.165, 1.54) is 6.42 Å². The van der Waals surface area contributed by atoms with E-state index < -0.39 is 6.10 Å². The Bertz CT molecular complexity index is 659. The largest absolute Gasteiger partial charge is 0.497 e. The molecule has 25 heavy (non-hydrogen) atoms. The zero-order chi connectivity index (χ0) is 17.8. The summed E-state index contributed by atoms with van der Waals surface area (Å²) in [6, 6.07) is 5.86. The van der Waals surface area contributed by atoms with Crippen LogP contribution in [0.4, 0.5) is 0 Å². The minimum atomic E-state index is -0.543. The van der Waals surface area contributed by atoms with Gasteiger partial charge in [0.1, 0.15) is 11.5 Å². The monoisotopic (exact) mass is 346 g/mol. The Labute approximate surface area is 148 Å². The zero-order valence-electron chi connectivity index (χ0n) is 15.2. The Morgan fingerprint density at radius 3 is 2.88 bits per heavy atom. The summed E-state index contributed by atoms with van der Waals surface area (Å²) >= 11 is 0. The minimum absolute atomic E-state index is 0.0483. The average molecular weight is 346 g/mol. The summed E-state index contributed by atoms with van der Waals surface area (Å²) in [4.78, 5) is 20.4. The fraction of sp³-hybridized carbons (Fsp3) is 0.579. The van der Waals surface area contributed by atoms with Crippen molar-refractivity contribution in [2.75, 3.05) is 20.8 Å². The molecule has 0 unspecified atom stereocenters. The fourth-order valence-electron chi connectivity index (χ4n) is 3.61. The van der Waals surface area contributed by atoms with Crippen LogP contribution in [0.5, 0.6) is 11.5 Å². The lowest BCUT2D eigenvalue weighted by atomic mass is 9.97. The normalized spacial score (nSPS) is 23.0. The first kappa shape index (κ1) is 17.6. The number of piperidine rings is 1. The molecule has 0 N–H and O–H groups in total. The van der Waals surface area contributed by atoms with Crippen LogP contribution in [0.2, 0.25) is 0 Å². The first-order chi connectivity index (χ1) is 12.2. The van der Waals surface area contributed by atoms with E-state index >= 15 is 0 Å². The van der Waals surface area contributed by atoms with Crippen LogP contribution in [0.15, 0.2) is 23.4 Å². The third-order valence-corrected chi connectivity index (χ3v) is 5.04. The number of benzene rings is 1. The maximum Gasteiger partial charge on any atom is 0.267 e. The number of ether oxygens (including phenoxy) is 2. The van der Waals surface area contributed by atoms with Gasteiger partial charge in [-0.2, -0.15) is 0 Å². The average Bonchev–Trinajstić information content (AvgIpc) is 3.16. The van der Waals surface area contributed by atoms with Gasteiger partial charge in [-0.25, -0.2) is 0 Å². The SMILES string of the molecule is CC[C@H]1CCCCN1C(=O)[C@@H]1CC(c2cc(OC)ccc2OC)=NO1. The number of hydrogen-bond donors (Lipinski definition) is 0. The second-order valence-corrected chi connectivity index (χ2v) is 6.49. The molecule has 1 saturated heterocycles. The number of nitrogens with zero attached hydrogens (tertiary/aromatic N) is 2. The Morgan fingerprint density at radius 1 is 1.32 bits per heavy atom. The van der Waals surface area contributed by atoms with Crippen LogP contribution in [-0.4, -0.2) is 49.4 Å². The van der Waals surface area contributed by atoms with Gasteiger partial charge in [-0.3, -0.25) is 4.79 Å². The molecule has 0 aromatic heterocycles. The van der Waals surface area contributed by atoms with E-state index in [-0.39, 0.29) is 5.91 Å². The second-order valence-electron chi connectivity index (χ2n) is 6.49. The highest BCUT2D eigenvalue weighted by Crippen LogP contribution is 2.30. The Hall–Kier alpha value is -2.24. The van der Waals surface area contributed by atoms with Crippen LogP contribution >= 0.6 is 0 Å². The van der Waals surface area contributed by atoms with Crippen LogP contribution in [0, 0.1) is 0 Å². The number of oxime groups is 1. The quantitative estimate of drug-likeness (QED) is 0.822. The van der Waals surface area contributed by atoms with Crippen LogP contribution in [0.1, 0.15) is 44.6 Å². The first-order valence-electron chi connectivity index (χ1n) is 8.93. The summed E-state index contributed by atoms with van der Waals surface area (Å²) in [5, 5.41) is 4.17. The van der Waals surface area contributed by atoms with Gasteiger partial charge in [-0.15, -0.1) is 0 Å². The number of carbonyl (C=O) groups is 1. The standard InChI is InChI=1S/C19H26N2O4/c1-4-13-7-5-6-10-21(13)19(22)18-12-16(20-25-18)15-11-14(23-2)8-9-17(15)24-3/h8-9,11,13,18H,4-7,10,12H2,1-3H3/t13-,18-/m0/s1. The van der Waals surface area contributed by atoms with Gasteiger partial charge in [-0.1, -0.05) is 12.1 Å². The predicted octanol–water partition coefficient (Wildman–Crippen LogP) is 2.99. The van der Waals surface area contributed by atoms with Crippen molar-refractivity contribution in [1.82, 2.24) is 4.90 Å². The number of hydrogen-bond acceptors (Lipinski definition) is 5. The molecule has 0 bridgehead atoms. The van der Waals surface area contributed by atoms with E-state index in [2.05, 4.69) is 12.1 Å². The summed E-state index contributed by atoms with van der Waals surface area (Å²) in [7, 11) is 3.23. The fourth-order valence-corrected chi connectivity index (χ4v) is 3.61. The molecular weight excluding hydrogens is 320 g/mol. The molecule has 0 radical (unpaired) electrons. The second kappa shape index (κ2) is 7.76. The minimum Gasteiger partial charge on any atom is -0.497 e. The zero-order valence-corrected chi connectivity index (χ0v) is 15.2. The molecule has 6 heteroatoms. The number of rotatable bonds is 5. The van der Waals surface area contributed by atoms with Gasteiger partial charge in [0.05, 0.1) is 19.9 Å². The van der Waals surface area contributed by atoms with Crippen molar-refractivity contribution in [3.63, 3.8) is 0 Å². The van der Waals surface area contributed by atoms with Gasteiger partial charge in [0, 0.05) is 24.6 Å². The molecule has 1 amide bonds. The Kier molecular flexibility index (Phi) is 5.46. The van der Waals surface area contributed by atoms with E-state index in [1.807, 2.05) is 23.1 Å². The molecule has 136 valence electrons. The lowest BCUT2D eigenvalue weighted by Crippen LogP contribution is -2.48. The van der Waals surface area contributed by atoms with Crippen molar-refractivity contribution < 1.29 is 19.1 Å². The van der Waals surface area contributed by atoms with Crippen LogP contribution in [0.3, 0.4) is 0 Å². The summed E-state index contributed by atoms with van der Waals surface area (Å²) in [5.41, 5.74) is 1.53. The Balaban J connectivity index is 1.74. The number of amides is 1. The third-order valence-electron chi connectivity index (χ3n) is 5.04. The molecule has 1 aromatic rings. The van der Waals surface area contributed by atoms with E-state index in [9.17, 15) is 4.79 Å². The number of carbonyl (C=O) groups excluding carboxylic acids is 1. The van der Waals surface area contributed by atoms with Crippen molar-refractivity contribution in [3.05, 3.63) is 23.8 Å². The summed E-state index contributed by atoms with van der Waals surface area (Å²) in [5.74, 6) is 1.46. The van der Waals surface area contributed by atoms with Crippen molar-refractivity contribution in [3.8, 4) is 11.5 Å². The van der Waals surface area contributed by atoms with Crippen LogP contribution < -0.4 is 9.47 Å². The van der Waals surface area contributed by atoms with Gasteiger partial charge >= 0.3 is 0 Å². The lowest BCUT2D eigenvalue weighted by molar-refractivity contribution is -0.146. The molecule has 2 aliphatic heterocycles. The summed E-state index contributed by atoms with van der Waals surface area (Å²) < 4.78 is 10.7. The molecule has 2 aliphatic rings. The van der Waals surface area contributed by atoms with E-state index in [4.69, 9.17) is 14.3 Å². The smallest absolute Gasteiger partial charge is 0.267 e. The van der Waals surface area contributed by atoms with Crippen LogP contribution in [-0.2, 0) is 9.63 Å². The van der Waals surface area contributed by atoms with Gasteiger partial charge in [0.15, 0.2) is 0 Å². The summed E-state index contributed by atoms with van der Waals surface area (Å²) in [6.45, 7) is 2.95. The highest BCUT2D eigenvalue weighted by molar-refractivity contribution is 6.06. The molecule has 1 fully saturated rings. The molecule has 1 aromatic carbocycles. The third kappa shape index (κ3) is 3.57. The molecule has 2 atom stereocenters. The molecule has 0 spiro atoms. The van der Waals surface area contributed by atoms with Crippen molar-refractivity contribution >= 4 is 11.6 Å². The molecule has 6 nitrogen and oxygen atoms in total. The number of methoxy groups -OCH3 is 2. The highest BCUT2D eigenvalue weighted by Gasteiger charge is 2.36. The van der Waals surface area contributed by atoms with Gasteiger partial charge in [-0.05, 0) is 43.9 Å². The molecular formula is C19H26N2O4. The maximum atomic E-state index is 12.9. The van der Waals surface area contributed by atoms with Gasteiger partial charge in [0.25, 0.3) is 5.91 Å². The van der Waals surface area contributed by atoms with E-state index in [1.54, 1.807) is 14.2 Å². The Morgan fingerprint density at radius 2 is 2.16 bits per heavy atom. The number of likely N-dealkylation sites (tertiary alicyclic amines) is 1.